The Balaban J connectivity index is 2.24. The minimum absolute atomic E-state index is 0.0990. The van der Waals surface area contributed by atoms with Gasteiger partial charge in [-0.1, -0.05) is 6.07 Å². The third kappa shape index (κ3) is 2.85. The lowest BCUT2D eigenvalue weighted by molar-refractivity contribution is 0.0935. The van der Waals surface area contributed by atoms with Crippen molar-refractivity contribution in [3.63, 3.8) is 0 Å². The monoisotopic (exact) mass is 253 g/mol. The van der Waals surface area contributed by atoms with Crippen molar-refractivity contribution in [3.8, 4) is 0 Å². The van der Waals surface area contributed by atoms with Crippen LogP contribution in [0, 0.1) is 0 Å². The predicted molar refractivity (Wildman–Crippen MR) is 64.7 cm³/mol. The van der Waals surface area contributed by atoms with Gasteiger partial charge in [0.1, 0.15) is 0 Å². The first-order valence-electron chi connectivity index (χ1n) is 5.43. The van der Waals surface area contributed by atoms with Crippen LogP contribution in [0.15, 0.2) is 29.2 Å². The molecule has 1 amide bonds. The molecule has 92 valence electrons. The second-order valence-corrected chi connectivity index (χ2v) is 6.83. The van der Waals surface area contributed by atoms with Crippen LogP contribution in [-0.2, 0) is 9.84 Å². The van der Waals surface area contributed by atoms with Crippen LogP contribution in [0.2, 0.25) is 0 Å². The van der Waals surface area contributed by atoms with Crippen LogP contribution in [0.25, 0.3) is 0 Å². The van der Waals surface area contributed by atoms with Crippen molar-refractivity contribution in [1.29, 1.82) is 0 Å². The Morgan fingerprint density at radius 2 is 2.00 bits per heavy atom. The Labute approximate surface area is 101 Å². The summed E-state index contributed by atoms with van der Waals surface area (Å²) in [6.45, 7) is 1.98. The van der Waals surface area contributed by atoms with Gasteiger partial charge in [0.2, 0.25) is 0 Å². The first-order valence-corrected chi connectivity index (χ1v) is 7.32. The average molecular weight is 253 g/mol. The molecular weight excluding hydrogens is 238 g/mol. The lowest BCUT2D eigenvalue weighted by atomic mass is 10.2. The van der Waals surface area contributed by atoms with E-state index in [2.05, 4.69) is 5.32 Å². The summed E-state index contributed by atoms with van der Waals surface area (Å²) in [6.07, 6.45) is 3.08. The molecule has 1 fully saturated rings. The zero-order valence-electron chi connectivity index (χ0n) is 9.86. The molecule has 1 aliphatic carbocycles. The highest BCUT2D eigenvalue weighted by Crippen LogP contribution is 2.34. The van der Waals surface area contributed by atoms with E-state index in [1.54, 1.807) is 12.1 Å². The fraction of sp³-hybridized carbons (Fsp3) is 0.417. The van der Waals surface area contributed by atoms with Gasteiger partial charge in [0.25, 0.3) is 5.91 Å². The molecule has 0 atom stereocenters. The van der Waals surface area contributed by atoms with Crippen molar-refractivity contribution < 1.29 is 13.2 Å². The molecule has 5 heteroatoms. The number of carbonyl (C=O) groups is 1. The molecule has 4 nitrogen and oxygen atoms in total. The highest BCUT2D eigenvalue weighted by molar-refractivity contribution is 7.90. The molecule has 1 aromatic rings. The minimum Gasteiger partial charge on any atom is -0.347 e. The number of hydrogen-bond acceptors (Lipinski definition) is 3. The van der Waals surface area contributed by atoms with Crippen LogP contribution >= 0.6 is 0 Å². The zero-order valence-corrected chi connectivity index (χ0v) is 10.7. The Kier molecular flexibility index (Phi) is 2.73. The fourth-order valence-corrected chi connectivity index (χ4v) is 2.19. The molecule has 17 heavy (non-hydrogen) atoms. The molecule has 0 aliphatic heterocycles. The van der Waals surface area contributed by atoms with E-state index in [0.717, 1.165) is 19.1 Å². The van der Waals surface area contributed by atoms with Crippen molar-refractivity contribution in [2.24, 2.45) is 0 Å². The maximum Gasteiger partial charge on any atom is 0.251 e. The first kappa shape index (κ1) is 12.1. The molecule has 0 saturated heterocycles. The molecular formula is C12H15NO3S. The summed E-state index contributed by atoms with van der Waals surface area (Å²) >= 11 is 0. The van der Waals surface area contributed by atoms with Crippen LogP contribution in [-0.4, -0.2) is 26.1 Å². The number of sulfone groups is 1. The first-order chi connectivity index (χ1) is 7.80. The Hall–Kier alpha value is -1.36. The second kappa shape index (κ2) is 3.84. The summed E-state index contributed by atoms with van der Waals surface area (Å²) in [5, 5.41) is 2.89. The fourth-order valence-electron chi connectivity index (χ4n) is 1.53. The molecule has 0 spiro atoms. The van der Waals surface area contributed by atoms with Gasteiger partial charge in [-0.15, -0.1) is 0 Å². The van der Waals surface area contributed by atoms with Gasteiger partial charge in [-0.3, -0.25) is 4.79 Å². The maximum atomic E-state index is 11.9. The van der Waals surface area contributed by atoms with E-state index in [9.17, 15) is 13.2 Å². The van der Waals surface area contributed by atoms with Crippen molar-refractivity contribution in [2.75, 3.05) is 6.26 Å². The number of rotatable bonds is 3. The van der Waals surface area contributed by atoms with Gasteiger partial charge >= 0.3 is 0 Å². The quantitative estimate of drug-likeness (QED) is 0.885. The van der Waals surface area contributed by atoms with E-state index in [1.807, 2.05) is 6.92 Å². The molecule has 1 aromatic carbocycles. The second-order valence-electron chi connectivity index (χ2n) is 4.81. The standard InChI is InChI=1S/C12H15NO3S/c1-12(6-7-12)13-11(14)9-4-3-5-10(8-9)17(2,15)16/h3-5,8H,6-7H2,1-2H3,(H,13,14). The summed E-state index contributed by atoms with van der Waals surface area (Å²) in [6, 6.07) is 6.11. The number of nitrogens with one attached hydrogen (secondary N) is 1. The SMILES string of the molecule is CC1(NC(=O)c2cccc(S(C)(=O)=O)c2)CC1. The molecule has 0 heterocycles. The van der Waals surface area contributed by atoms with Gasteiger partial charge in [-0.2, -0.15) is 0 Å². The van der Waals surface area contributed by atoms with E-state index in [1.165, 1.54) is 12.1 Å². The molecule has 0 radical (unpaired) electrons. The predicted octanol–water partition coefficient (Wildman–Crippen LogP) is 1.37. The number of benzene rings is 1. The number of carbonyl (C=O) groups excluding carboxylic acids is 1. The lowest BCUT2D eigenvalue weighted by Gasteiger charge is -2.11. The summed E-state index contributed by atoms with van der Waals surface area (Å²) in [7, 11) is -3.27. The van der Waals surface area contributed by atoms with Crippen LogP contribution in [0.1, 0.15) is 30.1 Å². The molecule has 0 bridgehead atoms. The van der Waals surface area contributed by atoms with Gasteiger partial charge in [0.15, 0.2) is 9.84 Å². The molecule has 1 saturated carbocycles. The topological polar surface area (TPSA) is 63.2 Å². The molecule has 1 N–H and O–H groups in total. The maximum absolute atomic E-state index is 11.9. The Morgan fingerprint density at radius 1 is 1.35 bits per heavy atom. The van der Waals surface area contributed by atoms with E-state index in [-0.39, 0.29) is 16.3 Å². The van der Waals surface area contributed by atoms with E-state index in [0.29, 0.717) is 5.56 Å². The summed E-state index contributed by atoms with van der Waals surface area (Å²) in [4.78, 5) is 12.0. The number of amides is 1. The molecule has 2 rings (SSSR count). The van der Waals surface area contributed by atoms with Crippen molar-refractivity contribution in [1.82, 2.24) is 5.32 Å². The molecule has 0 aromatic heterocycles. The van der Waals surface area contributed by atoms with E-state index in [4.69, 9.17) is 0 Å². The Bertz CT molecular complexity index is 559. The zero-order chi connectivity index (χ0) is 12.7. The molecule has 0 unspecified atom stereocenters. The Morgan fingerprint density at radius 3 is 2.53 bits per heavy atom. The third-order valence-electron chi connectivity index (χ3n) is 2.94. The van der Waals surface area contributed by atoms with Gasteiger partial charge in [0, 0.05) is 17.4 Å². The highest BCUT2D eigenvalue weighted by atomic mass is 32.2. The van der Waals surface area contributed by atoms with Crippen molar-refractivity contribution >= 4 is 15.7 Å². The lowest BCUT2D eigenvalue weighted by Crippen LogP contribution is -2.34. The minimum atomic E-state index is -3.27. The summed E-state index contributed by atoms with van der Waals surface area (Å²) in [5.74, 6) is -0.212. The summed E-state index contributed by atoms with van der Waals surface area (Å²) in [5.41, 5.74) is 0.291. The van der Waals surface area contributed by atoms with Crippen LogP contribution in [0.5, 0.6) is 0 Å². The van der Waals surface area contributed by atoms with E-state index >= 15 is 0 Å². The van der Waals surface area contributed by atoms with Gasteiger partial charge in [0.05, 0.1) is 4.90 Å². The van der Waals surface area contributed by atoms with Gasteiger partial charge in [-0.25, -0.2) is 8.42 Å². The van der Waals surface area contributed by atoms with Crippen molar-refractivity contribution in [3.05, 3.63) is 29.8 Å². The van der Waals surface area contributed by atoms with E-state index < -0.39 is 9.84 Å². The molecule has 1 aliphatic rings. The van der Waals surface area contributed by atoms with Crippen LogP contribution < -0.4 is 5.32 Å². The largest absolute Gasteiger partial charge is 0.347 e. The number of hydrogen-bond donors (Lipinski definition) is 1. The van der Waals surface area contributed by atoms with Gasteiger partial charge < -0.3 is 5.32 Å². The third-order valence-corrected chi connectivity index (χ3v) is 4.05. The van der Waals surface area contributed by atoms with Crippen LogP contribution in [0.4, 0.5) is 0 Å². The average Bonchev–Trinajstić information content (AvgIpc) is 2.95. The van der Waals surface area contributed by atoms with Crippen molar-refractivity contribution in [2.45, 2.75) is 30.2 Å². The van der Waals surface area contributed by atoms with Gasteiger partial charge in [-0.05, 0) is 38.0 Å². The summed E-state index contributed by atoms with van der Waals surface area (Å²) < 4.78 is 22.7. The normalized spacial score (nSPS) is 17.5. The highest BCUT2D eigenvalue weighted by Gasteiger charge is 2.38. The van der Waals surface area contributed by atoms with Crippen LogP contribution in [0.3, 0.4) is 0 Å². The smallest absolute Gasteiger partial charge is 0.251 e.